The molecular formula is C55H36NOP. The van der Waals surface area contributed by atoms with Crippen molar-refractivity contribution in [3.8, 4) is 33.5 Å². The highest BCUT2D eigenvalue weighted by molar-refractivity contribution is 7.85. The van der Waals surface area contributed by atoms with Gasteiger partial charge in [-0.05, 0) is 60.6 Å². The zero-order valence-corrected chi connectivity index (χ0v) is 32.5. The van der Waals surface area contributed by atoms with Crippen LogP contribution in [0.15, 0.2) is 218 Å². The average molecular weight is 758 g/mol. The lowest BCUT2D eigenvalue weighted by Gasteiger charge is -2.21. The molecule has 0 N–H and O–H groups in total. The molecule has 1 aromatic heterocycles. The normalized spacial score (nSPS) is 11.9. The first-order chi connectivity index (χ1) is 28.7. The smallest absolute Gasteiger partial charge is 0.171 e. The van der Waals surface area contributed by atoms with Crippen molar-refractivity contribution in [2.45, 2.75) is 0 Å². The Balaban J connectivity index is 1.13. The Morgan fingerprint density at radius 3 is 1.36 bits per heavy atom. The molecule has 11 aromatic rings. The number of benzene rings is 10. The van der Waals surface area contributed by atoms with Crippen LogP contribution in [-0.4, -0.2) is 4.98 Å². The van der Waals surface area contributed by atoms with E-state index in [0.29, 0.717) is 0 Å². The van der Waals surface area contributed by atoms with Crippen molar-refractivity contribution in [2.75, 3.05) is 0 Å². The van der Waals surface area contributed by atoms with Crippen LogP contribution in [0.5, 0.6) is 0 Å². The van der Waals surface area contributed by atoms with Crippen molar-refractivity contribution in [3.63, 3.8) is 0 Å². The van der Waals surface area contributed by atoms with Crippen molar-refractivity contribution in [2.24, 2.45) is 0 Å². The number of rotatable bonds is 6. The van der Waals surface area contributed by atoms with Gasteiger partial charge >= 0.3 is 0 Å². The summed E-state index contributed by atoms with van der Waals surface area (Å²) in [4.78, 5) is 5.44. The summed E-state index contributed by atoms with van der Waals surface area (Å²) >= 11 is 0. The minimum absolute atomic E-state index is 0.817. The van der Waals surface area contributed by atoms with Gasteiger partial charge in [-0.2, -0.15) is 0 Å². The van der Waals surface area contributed by atoms with E-state index in [4.69, 9.17) is 4.98 Å². The second kappa shape index (κ2) is 13.8. The molecule has 0 spiro atoms. The summed E-state index contributed by atoms with van der Waals surface area (Å²) in [6.07, 6.45) is 0. The van der Waals surface area contributed by atoms with Crippen LogP contribution >= 0.6 is 7.14 Å². The molecule has 2 nitrogen and oxygen atoms in total. The summed E-state index contributed by atoms with van der Waals surface area (Å²) in [6, 6.07) is 76.2. The van der Waals surface area contributed by atoms with Crippen molar-refractivity contribution in [1.29, 1.82) is 0 Å². The van der Waals surface area contributed by atoms with E-state index in [1.165, 1.54) is 48.8 Å². The Morgan fingerprint density at radius 2 is 0.776 bits per heavy atom. The molecule has 58 heavy (non-hydrogen) atoms. The first kappa shape index (κ1) is 34.2. The van der Waals surface area contributed by atoms with Crippen LogP contribution in [0.4, 0.5) is 0 Å². The molecule has 10 aromatic carbocycles. The topological polar surface area (TPSA) is 30.0 Å². The number of hydrogen-bond donors (Lipinski definition) is 0. The van der Waals surface area contributed by atoms with Gasteiger partial charge in [-0.3, -0.25) is 0 Å². The first-order valence-corrected chi connectivity index (χ1v) is 21.4. The third kappa shape index (κ3) is 5.41. The maximum absolute atomic E-state index is 15.2. The lowest BCUT2D eigenvalue weighted by molar-refractivity contribution is 0.592. The largest absolute Gasteiger partial charge is 0.309 e. The van der Waals surface area contributed by atoms with Crippen molar-refractivity contribution in [3.05, 3.63) is 218 Å². The molecule has 0 aliphatic heterocycles. The summed E-state index contributed by atoms with van der Waals surface area (Å²) in [5.41, 5.74) is 7.62. The van der Waals surface area contributed by atoms with E-state index >= 15 is 4.57 Å². The summed E-state index contributed by atoms with van der Waals surface area (Å²) in [5.74, 6) is 0. The SMILES string of the molecule is O=P(c1ccccc1)(c1ccccc1)c1ccc(-c2c3ccccc3c(-c3ccc4c(c3)nc(-c3ccccc3)c3ccc5ccccc5c34)c3ccccc23)cc1. The van der Waals surface area contributed by atoms with E-state index < -0.39 is 7.14 Å². The number of nitrogens with zero attached hydrogens (tertiary/aromatic N) is 1. The lowest BCUT2D eigenvalue weighted by atomic mass is 9.85. The Kier molecular flexibility index (Phi) is 8.14. The molecule has 0 bridgehead atoms. The molecule has 0 aliphatic rings. The van der Waals surface area contributed by atoms with E-state index in [9.17, 15) is 0 Å². The lowest BCUT2D eigenvalue weighted by Crippen LogP contribution is -2.24. The molecular weight excluding hydrogens is 722 g/mol. The highest BCUT2D eigenvalue weighted by atomic mass is 31.2. The number of pyridine rings is 1. The molecule has 272 valence electrons. The minimum Gasteiger partial charge on any atom is -0.309 e. The highest BCUT2D eigenvalue weighted by Gasteiger charge is 2.29. The summed E-state index contributed by atoms with van der Waals surface area (Å²) in [6.45, 7) is 0. The maximum atomic E-state index is 15.2. The highest BCUT2D eigenvalue weighted by Crippen LogP contribution is 2.47. The van der Waals surface area contributed by atoms with Crippen LogP contribution in [0.25, 0.3) is 87.5 Å². The van der Waals surface area contributed by atoms with Gasteiger partial charge in [0.15, 0.2) is 7.14 Å². The van der Waals surface area contributed by atoms with Gasteiger partial charge in [0, 0.05) is 37.6 Å². The Morgan fingerprint density at radius 1 is 0.328 bits per heavy atom. The molecule has 0 radical (unpaired) electrons. The van der Waals surface area contributed by atoms with Gasteiger partial charge < -0.3 is 4.57 Å². The van der Waals surface area contributed by atoms with E-state index in [2.05, 4.69) is 158 Å². The Labute approximate surface area is 337 Å². The standard InChI is InChI=1S/C55H36NOP/c57-58(41-19-6-2-7-20-41,42-21-8-3-9-22-42)43-32-28-38(29-33-43)52-45-24-12-14-26-47(45)53(48-27-15-13-25-46(48)52)40-31-34-49-51(36-40)56-55(39-17-4-1-5-18-39)50-35-30-37-16-10-11-23-44(37)54(49)50/h1-36H. The van der Waals surface area contributed by atoms with Crippen LogP contribution < -0.4 is 15.9 Å². The number of fused-ring (bicyclic) bond motifs is 7. The average Bonchev–Trinajstić information content (AvgIpc) is 3.30. The fourth-order valence-corrected chi connectivity index (χ4v) is 11.7. The van der Waals surface area contributed by atoms with E-state index in [1.54, 1.807) is 0 Å². The minimum atomic E-state index is -3.11. The number of hydrogen-bond acceptors (Lipinski definition) is 2. The molecule has 0 unspecified atom stereocenters. The van der Waals surface area contributed by atoms with Gasteiger partial charge in [-0.1, -0.05) is 212 Å². The fourth-order valence-electron chi connectivity index (χ4n) is 9.06. The summed E-state index contributed by atoms with van der Waals surface area (Å²) in [5, 5.41) is 13.1. The number of aromatic nitrogens is 1. The van der Waals surface area contributed by atoms with Crippen LogP contribution in [0.1, 0.15) is 0 Å². The van der Waals surface area contributed by atoms with Crippen LogP contribution in [-0.2, 0) is 4.57 Å². The second-order valence-corrected chi connectivity index (χ2v) is 17.7. The Bertz CT molecular complexity index is 3300. The van der Waals surface area contributed by atoms with Crippen molar-refractivity contribution in [1.82, 2.24) is 4.98 Å². The van der Waals surface area contributed by atoms with E-state index in [-0.39, 0.29) is 0 Å². The Hall–Kier alpha value is -7.12. The molecule has 0 atom stereocenters. The molecule has 0 saturated heterocycles. The molecule has 11 rings (SSSR count). The fraction of sp³-hybridized carbons (Fsp3) is 0. The zero-order chi connectivity index (χ0) is 38.6. The molecule has 0 amide bonds. The monoisotopic (exact) mass is 757 g/mol. The van der Waals surface area contributed by atoms with Gasteiger partial charge in [-0.25, -0.2) is 4.98 Å². The van der Waals surface area contributed by atoms with Crippen LogP contribution in [0, 0.1) is 0 Å². The molecule has 3 heteroatoms. The van der Waals surface area contributed by atoms with E-state index in [0.717, 1.165) is 54.6 Å². The van der Waals surface area contributed by atoms with Gasteiger partial charge in [0.25, 0.3) is 0 Å². The quantitative estimate of drug-likeness (QED) is 0.0960. The van der Waals surface area contributed by atoms with Crippen LogP contribution in [0.3, 0.4) is 0 Å². The first-order valence-electron chi connectivity index (χ1n) is 19.7. The molecule has 0 aliphatic carbocycles. The van der Waals surface area contributed by atoms with Crippen molar-refractivity contribution < 1.29 is 4.57 Å². The van der Waals surface area contributed by atoms with Crippen molar-refractivity contribution >= 4 is 77.0 Å². The maximum Gasteiger partial charge on any atom is 0.171 e. The third-order valence-electron chi connectivity index (χ3n) is 11.7. The second-order valence-electron chi connectivity index (χ2n) is 14.9. The van der Waals surface area contributed by atoms with Gasteiger partial charge in [-0.15, -0.1) is 0 Å². The predicted molar refractivity (Wildman–Crippen MR) is 247 cm³/mol. The molecule has 0 fully saturated rings. The summed E-state index contributed by atoms with van der Waals surface area (Å²) in [7, 11) is -3.11. The summed E-state index contributed by atoms with van der Waals surface area (Å²) < 4.78 is 15.2. The van der Waals surface area contributed by atoms with E-state index in [1.807, 2.05) is 60.7 Å². The predicted octanol–water partition coefficient (Wildman–Crippen LogP) is 13.5. The molecule has 0 saturated carbocycles. The van der Waals surface area contributed by atoms with Crippen LogP contribution in [0.2, 0.25) is 0 Å². The zero-order valence-electron chi connectivity index (χ0n) is 31.6. The molecule has 1 heterocycles. The van der Waals surface area contributed by atoms with Gasteiger partial charge in [0.05, 0.1) is 11.2 Å². The van der Waals surface area contributed by atoms with Gasteiger partial charge in [0.2, 0.25) is 0 Å². The third-order valence-corrected chi connectivity index (χ3v) is 14.8. The van der Waals surface area contributed by atoms with Gasteiger partial charge in [0.1, 0.15) is 0 Å².